The minimum Gasteiger partial charge on any atom is -0.455 e. The summed E-state index contributed by atoms with van der Waals surface area (Å²) >= 11 is 0. The number of aromatic amines is 1. The molecule has 0 bridgehead atoms. The molecule has 0 unspecified atom stereocenters. The smallest absolute Gasteiger partial charge is 0.148 e. The SMILES string of the molecule is Cc1[nH]c2c3ccccc3c(N=O)c-2c2oc3ccccc3c12. The highest BCUT2D eigenvalue weighted by Crippen LogP contribution is 2.49. The van der Waals surface area contributed by atoms with Gasteiger partial charge in [-0.3, -0.25) is 0 Å². The van der Waals surface area contributed by atoms with E-state index in [0.717, 1.165) is 49.7 Å². The van der Waals surface area contributed by atoms with Crippen molar-refractivity contribution >= 4 is 38.4 Å². The Morgan fingerprint density at radius 3 is 2.43 bits per heavy atom. The number of furan rings is 1. The Hall–Kier alpha value is -3.14. The number of pyridine rings is 1. The van der Waals surface area contributed by atoms with Crippen LogP contribution in [0.4, 0.5) is 5.69 Å². The van der Waals surface area contributed by atoms with E-state index in [1.807, 2.05) is 55.5 Å². The van der Waals surface area contributed by atoms with Gasteiger partial charge in [0, 0.05) is 27.2 Å². The molecule has 0 fully saturated rings. The lowest BCUT2D eigenvalue weighted by Gasteiger charge is -2.05. The van der Waals surface area contributed by atoms with Crippen molar-refractivity contribution in [1.82, 2.24) is 4.98 Å². The fourth-order valence-corrected chi connectivity index (χ4v) is 3.58. The number of hydrogen-bond acceptors (Lipinski definition) is 3. The van der Waals surface area contributed by atoms with Crippen LogP contribution in [-0.2, 0) is 0 Å². The first-order valence-electron chi connectivity index (χ1n) is 7.47. The Bertz CT molecular complexity index is 1200. The Kier molecular flexibility index (Phi) is 2.26. The number of nitroso groups, excluding NO2 is 1. The van der Waals surface area contributed by atoms with Crippen LogP contribution >= 0.6 is 0 Å². The van der Waals surface area contributed by atoms with Gasteiger partial charge in [-0.15, -0.1) is 4.91 Å². The number of aromatic nitrogens is 1. The van der Waals surface area contributed by atoms with E-state index in [0.29, 0.717) is 5.69 Å². The molecule has 110 valence electrons. The van der Waals surface area contributed by atoms with E-state index < -0.39 is 0 Å². The molecule has 0 spiro atoms. The fourth-order valence-electron chi connectivity index (χ4n) is 3.58. The summed E-state index contributed by atoms with van der Waals surface area (Å²) in [6, 6.07) is 15.7. The third kappa shape index (κ3) is 1.45. The average Bonchev–Trinajstić information content (AvgIpc) is 3.11. The lowest BCUT2D eigenvalue weighted by atomic mass is 10.1. The van der Waals surface area contributed by atoms with Gasteiger partial charge in [-0.05, 0) is 18.2 Å². The number of hydrogen-bond donors (Lipinski definition) is 1. The third-order valence-electron chi connectivity index (χ3n) is 4.54. The van der Waals surface area contributed by atoms with E-state index in [4.69, 9.17) is 4.42 Å². The summed E-state index contributed by atoms with van der Waals surface area (Å²) in [6.07, 6.45) is 0. The van der Waals surface area contributed by atoms with E-state index in [9.17, 15) is 4.91 Å². The second-order valence-electron chi connectivity index (χ2n) is 5.79. The van der Waals surface area contributed by atoms with E-state index in [1.54, 1.807) is 0 Å². The number of fused-ring (bicyclic) bond motifs is 7. The highest BCUT2D eigenvalue weighted by Gasteiger charge is 2.25. The molecule has 0 saturated heterocycles. The van der Waals surface area contributed by atoms with E-state index in [-0.39, 0.29) is 0 Å². The number of para-hydroxylation sites is 1. The van der Waals surface area contributed by atoms with Gasteiger partial charge in [0.05, 0.1) is 11.3 Å². The minimum absolute atomic E-state index is 0.441. The van der Waals surface area contributed by atoms with Crippen LogP contribution < -0.4 is 0 Å². The molecule has 2 aromatic carbocycles. The number of nitrogens with zero attached hydrogens (tertiary/aromatic N) is 1. The Balaban J connectivity index is 2.14. The van der Waals surface area contributed by atoms with Crippen molar-refractivity contribution in [3.05, 3.63) is 59.1 Å². The lowest BCUT2D eigenvalue weighted by Crippen LogP contribution is -1.88. The van der Waals surface area contributed by atoms with Crippen LogP contribution in [0.15, 0.2) is 58.1 Å². The largest absolute Gasteiger partial charge is 0.455 e. The first-order chi connectivity index (χ1) is 11.3. The molecular weight excluding hydrogens is 288 g/mol. The Morgan fingerprint density at radius 1 is 0.957 bits per heavy atom. The standard InChI is InChI=1S/C19H12N2O2/c1-10-15-13-8-4-5-9-14(13)23-19(15)16-17(20-10)11-6-2-3-7-12(11)18(16)21-22/h2-9,20H,1H3. The molecule has 1 N–H and O–H groups in total. The molecule has 0 atom stereocenters. The van der Waals surface area contributed by atoms with Gasteiger partial charge in [0.1, 0.15) is 16.9 Å². The molecule has 23 heavy (non-hydrogen) atoms. The fraction of sp³-hybridized carbons (Fsp3) is 0.0526. The Morgan fingerprint density at radius 2 is 1.65 bits per heavy atom. The van der Waals surface area contributed by atoms with E-state index >= 15 is 0 Å². The third-order valence-corrected chi connectivity index (χ3v) is 4.54. The van der Waals surface area contributed by atoms with Crippen LogP contribution in [0.5, 0.6) is 0 Å². The average molecular weight is 300 g/mol. The zero-order valence-electron chi connectivity index (χ0n) is 12.4. The number of rotatable bonds is 1. The van der Waals surface area contributed by atoms with Gasteiger partial charge < -0.3 is 9.40 Å². The monoisotopic (exact) mass is 300 g/mol. The van der Waals surface area contributed by atoms with Crippen LogP contribution in [-0.4, -0.2) is 4.98 Å². The molecule has 5 rings (SSSR count). The molecule has 1 aliphatic heterocycles. The summed E-state index contributed by atoms with van der Waals surface area (Å²) in [4.78, 5) is 15.0. The van der Waals surface area contributed by atoms with Gasteiger partial charge >= 0.3 is 0 Å². The highest BCUT2D eigenvalue weighted by atomic mass is 16.3. The highest BCUT2D eigenvalue weighted by molar-refractivity contribution is 6.21. The maximum atomic E-state index is 11.5. The molecule has 4 nitrogen and oxygen atoms in total. The van der Waals surface area contributed by atoms with Crippen molar-refractivity contribution in [2.75, 3.05) is 0 Å². The van der Waals surface area contributed by atoms with Gasteiger partial charge in [-0.25, -0.2) is 0 Å². The van der Waals surface area contributed by atoms with Crippen LogP contribution in [0.3, 0.4) is 0 Å². The van der Waals surface area contributed by atoms with Gasteiger partial charge in [0.15, 0.2) is 0 Å². The van der Waals surface area contributed by atoms with Crippen molar-refractivity contribution in [2.45, 2.75) is 6.92 Å². The summed E-state index contributed by atoms with van der Waals surface area (Å²) in [5.41, 5.74) is 4.66. The van der Waals surface area contributed by atoms with Gasteiger partial charge in [-0.2, -0.15) is 0 Å². The van der Waals surface area contributed by atoms with Crippen LogP contribution in [0.2, 0.25) is 0 Å². The number of aryl methyl sites for hydroxylation is 1. The summed E-state index contributed by atoms with van der Waals surface area (Å²) in [6.45, 7) is 2.03. The maximum Gasteiger partial charge on any atom is 0.148 e. The van der Waals surface area contributed by atoms with Crippen molar-refractivity contribution in [1.29, 1.82) is 0 Å². The first kappa shape index (κ1) is 12.4. The second kappa shape index (κ2) is 4.20. The van der Waals surface area contributed by atoms with Crippen LogP contribution in [0, 0.1) is 11.8 Å². The van der Waals surface area contributed by atoms with Crippen molar-refractivity contribution in [2.24, 2.45) is 5.18 Å². The van der Waals surface area contributed by atoms with Crippen LogP contribution in [0.25, 0.3) is 44.0 Å². The molecular formula is C19H12N2O2. The lowest BCUT2D eigenvalue weighted by molar-refractivity contribution is 0.669. The molecule has 1 aliphatic carbocycles. The predicted octanol–water partition coefficient (Wildman–Crippen LogP) is 5.88. The normalized spacial score (nSPS) is 11.9. The van der Waals surface area contributed by atoms with Crippen LogP contribution in [0.1, 0.15) is 5.69 Å². The van der Waals surface area contributed by atoms with Gasteiger partial charge in [0.2, 0.25) is 0 Å². The first-order valence-corrected chi connectivity index (χ1v) is 7.47. The quantitative estimate of drug-likeness (QED) is 0.393. The molecule has 0 radical (unpaired) electrons. The molecule has 3 aromatic rings. The summed E-state index contributed by atoms with van der Waals surface area (Å²) in [5.74, 6) is 0. The number of benzene rings is 2. The zero-order chi connectivity index (χ0) is 15.6. The van der Waals surface area contributed by atoms with E-state index in [2.05, 4.69) is 10.2 Å². The molecule has 4 heteroatoms. The summed E-state index contributed by atoms with van der Waals surface area (Å²) in [7, 11) is 0. The van der Waals surface area contributed by atoms with Crippen molar-refractivity contribution < 1.29 is 4.42 Å². The summed E-state index contributed by atoms with van der Waals surface area (Å²) < 4.78 is 6.10. The topological polar surface area (TPSA) is 58.4 Å². The van der Waals surface area contributed by atoms with Gasteiger partial charge in [-0.1, -0.05) is 42.5 Å². The number of nitrogens with one attached hydrogen (secondary N) is 1. The second-order valence-corrected chi connectivity index (χ2v) is 5.79. The molecule has 1 aromatic heterocycles. The van der Waals surface area contributed by atoms with Gasteiger partial charge in [0.25, 0.3) is 0 Å². The minimum atomic E-state index is 0.441. The predicted molar refractivity (Wildman–Crippen MR) is 92.4 cm³/mol. The van der Waals surface area contributed by atoms with Crippen molar-refractivity contribution in [3.63, 3.8) is 0 Å². The van der Waals surface area contributed by atoms with E-state index in [1.165, 1.54) is 0 Å². The molecule has 0 saturated carbocycles. The molecule has 2 heterocycles. The molecule has 0 amide bonds. The maximum absolute atomic E-state index is 11.5. The number of H-pyrrole nitrogens is 1. The zero-order valence-corrected chi connectivity index (χ0v) is 12.4. The Labute approximate surface area is 131 Å². The summed E-state index contributed by atoms with van der Waals surface area (Å²) in [5, 5.41) is 7.19. The van der Waals surface area contributed by atoms with Crippen molar-refractivity contribution in [3.8, 4) is 11.3 Å². The molecule has 2 aliphatic rings.